The first kappa shape index (κ1) is 26.9. The molecule has 0 saturated heterocycles. The molecule has 2 rings (SSSR count). The molecule has 34 heavy (non-hydrogen) atoms. The molecule has 7 heteroatoms. The van der Waals surface area contributed by atoms with Crippen LogP contribution in [0.25, 0.3) is 11.1 Å². The van der Waals surface area contributed by atoms with Crippen LogP contribution in [0.4, 0.5) is 0 Å². The third-order valence-corrected chi connectivity index (χ3v) is 5.38. The van der Waals surface area contributed by atoms with Gasteiger partial charge >= 0.3 is 11.9 Å². The Morgan fingerprint density at radius 2 is 1.35 bits per heavy atom. The molecule has 2 aromatic carbocycles. The molecule has 0 spiro atoms. The van der Waals surface area contributed by atoms with Crippen LogP contribution in [0.5, 0.6) is 5.75 Å². The van der Waals surface area contributed by atoms with Crippen LogP contribution in [0.1, 0.15) is 46.1 Å². The second kappa shape index (κ2) is 12.8. The van der Waals surface area contributed by atoms with Crippen molar-refractivity contribution < 1.29 is 28.6 Å². The summed E-state index contributed by atoms with van der Waals surface area (Å²) in [4.78, 5) is 34.5. The summed E-state index contributed by atoms with van der Waals surface area (Å²) in [7, 11) is 0. The van der Waals surface area contributed by atoms with Crippen molar-refractivity contribution in [3.8, 4) is 16.9 Å². The largest absolute Gasteiger partial charge is 0.493 e. The van der Waals surface area contributed by atoms with Crippen molar-refractivity contribution in [2.24, 2.45) is 17.1 Å². The van der Waals surface area contributed by atoms with Gasteiger partial charge in [-0.3, -0.25) is 14.4 Å². The quantitative estimate of drug-likeness (QED) is 0.438. The number of nitrogens with two attached hydrogens (primary N) is 1. The van der Waals surface area contributed by atoms with E-state index in [9.17, 15) is 14.4 Å². The van der Waals surface area contributed by atoms with Crippen LogP contribution < -0.4 is 10.5 Å². The zero-order valence-corrected chi connectivity index (χ0v) is 20.5. The summed E-state index contributed by atoms with van der Waals surface area (Å²) in [6, 6.07) is 16.1. The van der Waals surface area contributed by atoms with E-state index in [1.54, 1.807) is 0 Å². The molecule has 2 N–H and O–H groups in total. The zero-order valence-electron chi connectivity index (χ0n) is 20.5. The summed E-state index contributed by atoms with van der Waals surface area (Å²) in [6.07, 6.45) is 0.993. The lowest BCUT2D eigenvalue weighted by molar-refractivity contribution is -0.154. The number of carbonyl (C=O) groups is 3. The minimum atomic E-state index is -0.881. The molecule has 0 bridgehead atoms. The number of primary amides is 1. The van der Waals surface area contributed by atoms with E-state index in [1.165, 1.54) is 13.8 Å². The SMILES string of the molecule is CC(=O)OCC(CCc1ccc(-c2ccc(OCC(C)C)cc2)cc1)(COC(C)=O)CC(N)=O. The molecule has 2 aromatic rings. The number of aryl methyl sites for hydroxylation is 1. The number of hydrogen-bond acceptors (Lipinski definition) is 6. The van der Waals surface area contributed by atoms with Crippen molar-refractivity contribution in [3.05, 3.63) is 54.1 Å². The first-order valence-corrected chi connectivity index (χ1v) is 11.5. The number of amides is 1. The lowest BCUT2D eigenvalue weighted by atomic mass is 9.80. The van der Waals surface area contributed by atoms with Crippen LogP contribution in [-0.4, -0.2) is 37.7 Å². The zero-order chi connectivity index (χ0) is 25.1. The van der Waals surface area contributed by atoms with E-state index in [2.05, 4.69) is 13.8 Å². The highest BCUT2D eigenvalue weighted by molar-refractivity contribution is 5.75. The van der Waals surface area contributed by atoms with Crippen LogP contribution in [0.2, 0.25) is 0 Å². The summed E-state index contributed by atoms with van der Waals surface area (Å²) in [5.41, 5.74) is 7.77. The van der Waals surface area contributed by atoms with Gasteiger partial charge in [0.1, 0.15) is 19.0 Å². The number of rotatable bonds is 13. The minimum absolute atomic E-state index is 0.0537. The van der Waals surface area contributed by atoms with E-state index < -0.39 is 23.3 Å². The van der Waals surface area contributed by atoms with Crippen molar-refractivity contribution in [1.29, 1.82) is 0 Å². The van der Waals surface area contributed by atoms with Crippen LogP contribution in [0.15, 0.2) is 48.5 Å². The minimum Gasteiger partial charge on any atom is -0.493 e. The average molecular weight is 470 g/mol. The molecule has 0 radical (unpaired) electrons. The molecule has 7 nitrogen and oxygen atoms in total. The molecule has 0 atom stereocenters. The van der Waals surface area contributed by atoms with Crippen molar-refractivity contribution in [3.63, 3.8) is 0 Å². The van der Waals surface area contributed by atoms with E-state index in [-0.39, 0.29) is 19.6 Å². The van der Waals surface area contributed by atoms with Gasteiger partial charge in [-0.25, -0.2) is 0 Å². The molecule has 0 heterocycles. The Labute approximate surface area is 201 Å². The van der Waals surface area contributed by atoms with Crippen molar-refractivity contribution >= 4 is 17.8 Å². The molecule has 0 fully saturated rings. The Balaban J connectivity index is 2.10. The van der Waals surface area contributed by atoms with Gasteiger partial charge in [0, 0.05) is 25.7 Å². The van der Waals surface area contributed by atoms with Crippen molar-refractivity contribution in [1.82, 2.24) is 0 Å². The predicted molar refractivity (Wildman–Crippen MR) is 130 cm³/mol. The van der Waals surface area contributed by atoms with Crippen LogP contribution >= 0.6 is 0 Å². The maximum Gasteiger partial charge on any atom is 0.302 e. The first-order chi connectivity index (χ1) is 16.1. The van der Waals surface area contributed by atoms with Gasteiger partial charge in [-0.1, -0.05) is 50.2 Å². The highest BCUT2D eigenvalue weighted by atomic mass is 16.5. The third kappa shape index (κ3) is 9.25. The standard InChI is InChI=1S/C27H35NO6/c1-19(2)16-32-25-11-9-24(10-12-25)23-7-5-22(6-8-23)13-14-27(15-26(28)31,17-33-20(3)29)18-34-21(4)30/h5-12,19H,13-18H2,1-4H3,(H2,28,31). The molecule has 0 aliphatic rings. The van der Waals surface area contributed by atoms with Gasteiger partial charge in [0.25, 0.3) is 0 Å². The Morgan fingerprint density at radius 3 is 1.79 bits per heavy atom. The van der Waals surface area contributed by atoms with Gasteiger partial charge in [-0.05, 0) is 47.6 Å². The molecule has 0 saturated carbocycles. The number of carbonyl (C=O) groups excluding carboxylic acids is 3. The van der Waals surface area contributed by atoms with Crippen LogP contribution in [0, 0.1) is 11.3 Å². The van der Waals surface area contributed by atoms with Gasteiger partial charge < -0.3 is 19.9 Å². The number of ether oxygens (including phenoxy) is 3. The van der Waals surface area contributed by atoms with Crippen molar-refractivity contribution in [2.75, 3.05) is 19.8 Å². The molecule has 0 aliphatic heterocycles. The van der Waals surface area contributed by atoms with Gasteiger partial charge in [0.05, 0.1) is 6.61 Å². The smallest absolute Gasteiger partial charge is 0.302 e. The Kier molecular flexibility index (Phi) is 10.1. The van der Waals surface area contributed by atoms with Crippen LogP contribution in [-0.2, 0) is 30.3 Å². The second-order valence-electron chi connectivity index (χ2n) is 9.13. The van der Waals surface area contributed by atoms with E-state index in [0.29, 0.717) is 25.4 Å². The fourth-order valence-electron chi connectivity index (χ4n) is 3.54. The summed E-state index contributed by atoms with van der Waals surface area (Å²) >= 11 is 0. The second-order valence-corrected chi connectivity index (χ2v) is 9.13. The Bertz CT molecular complexity index is 932. The van der Waals surface area contributed by atoms with Crippen LogP contribution in [0.3, 0.4) is 0 Å². The van der Waals surface area contributed by atoms with E-state index >= 15 is 0 Å². The summed E-state index contributed by atoms with van der Waals surface area (Å²) in [5.74, 6) is -0.170. The molecule has 0 unspecified atom stereocenters. The molecule has 0 aromatic heterocycles. The maximum absolute atomic E-state index is 11.7. The average Bonchev–Trinajstić information content (AvgIpc) is 2.79. The lowest BCUT2D eigenvalue weighted by Gasteiger charge is -2.31. The number of hydrogen-bond donors (Lipinski definition) is 1. The van der Waals surface area contributed by atoms with E-state index in [0.717, 1.165) is 22.4 Å². The summed E-state index contributed by atoms with van der Waals surface area (Å²) < 4.78 is 16.1. The summed E-state index contributed by atoms with van der Waals surface area (Å²) in [6.45, 7) is 7.39. The fraction of sp³-hybridized carbons (Fsp3) is 0.444. The third-order valence-electron chi connectivity index (χ3n) is 5.38. The highest BCUT2D eigenvalue weighted by Crippen LogP contribution is 2.31. The Hall–Kier alpha value is -3.35. The molecular formula is C27H35NO6. The monoisotopic (exact) mass is 469 g/mol. The number of esters is 2. The van der Waals surface area contributed by atoms with Gasteiger partial charge in [-0.2, -0.15) is 0 Å². The van der Waals surface area contributed by atoms with Crippen molar-refractivity contribution in [2.45, 2.75) is 47.0 Å². The molecule has 0 aliphatic carbocycles. The van der Waals surface area contributed by atoms with Gasteiger partial charge in [-0.15, -0.1) is 0 Å². The van der Waals surface area contributed by atoms with Gasteiger partial charge in [0.15, 0.2) is 0 Å². The summed E-state index contributed by atoms with van der Waals surface area (Å²) in [5, 5.41) is 0. The molecule has 1 amide bonds. The highest BCUT2D eigenvalue weighted by Gasteiger charge is 2.35. The topological polar surface area (TPSA) is 105 Å². The normalized spacial score (nSPS) is 11.2. The fourth-order valence-corrected chi connectivity index (χ4v) is 3.54. The van der Waals surface area contributed by atoms with E-state index in [4.69, 9.17) is 19.9 Å². The van der Waals surface area contributed by atoms with E-state index in [1.807, 2.05) is 48.5 Å². The molecular weight excluding hydrogens is 434 g/mol. The number of benzene rings is 2. The first-order valence-electron chi connectivity index (χ1n) is 11.5. The lowest BCUT2D eigenvalue weighted by Crippen LogP contribution is -2.38. The predicted octanol–water partition coefficient (Wildman–Crippen LogP) is 4.31. The molecule has 184 valence electrons. The Morgan fingerprint density at radius 1 is 0.853 bits per heavy atom. The maximum atomic E-state index is 11.7. The van der Waals surface area contributed by atoms with Gasteiger partial charge in [0.2, 0.25) is 5.91 Å².